The van der Waals surface area contributed by atoms with Gasteiger partial charge in [0.2, 0.25) is 0 Å². The van der Waals surface area contributed by atoms with E-state index in [2.05, 4.69) is 25.9 Å². The van der Waals surface area contributed by atoms with Crippen molar-refractivity contribution in [3.05, 3.63) is 53.6 Å². The number of aromatic nitrogens is 2. The lowest BCUT2D eigenvalue weighted by atomic mass is 10.1. The number of esters is 2. The van der Waals surface area contributed by atoms with Gasteiger partial charge in [0, 0.05) is 6.54 Å². The highest BCUT2D eigenvalue weighted by Gasteiger charge is 2.29. The smallest absolute Gasteiger partial charge is 0.407 e. The summed E-state index contributed by atoms with van der Waals surface area (Å²) >= 11 is 0. The Labute approximate surface area is 245 Å². The maximum atomic E-state index is 13.1. The zero-order valence-electron chi connectivity index (χ0n) is 25.0. The Hall–Kier alpha value is -4.42. The van der Waals surface area contributed by atoms with E-state index >= 15 is 0 Å². The molecule has 1 atom stereocenters. The van der Waals surface area contributed by atoms with E-state index in [1.807, 2.05) is 18.2 Å². The van der Waals surface area contributed by atoms with Gasteiger partial charge in [-0.1, -0.05) is 30.3 Å². The average Bonchev–Trinajstić information content (AvgIpc) is 3.38. The molecule has 4 N–H and O–H groups in total. The van der Waals surface area contributed by atoms with Gasteiger partial charge in [-0.25, -0.2) is 14.6 Å². The molecule has 230 valence electrons. The second-order valence-electron chi connectivity index (χ2n) is 11.4. The summed E-state index contributed by atoms with van der Waals surface area (Å²) in [7, 11) is 0. The van der Waals surface area contributed by atoms with Gasteiger partial charge in [0.1, 0.15) is 36.1 Å². The summed E-state index contributed by atoms with van der Waals surface area (Å²) in [6.07, 6.45) is 1.77. The molecule has 2 aromatic rings. The van der Waals surface area contributed by atoms with Crippen molar-refractivity contribution in [1.82, 2.24) is 25.9 Å². The van der Waals surface area contributed by atoms with Gasteiger partial charge in [0.15, 0.2) is 5.69 Å². The monoisotopic (exact) mass is 587 g/mol. The van der Waals surface area contributed by atoms with Gasteiger partial charge in [-0.2, -0.15) is 0 Å². The summed E-state index contributed by atoms with van der Waals surface area (Å²) in [6, 6.07) is 8.02. The van der Waals surface area contributed by atoms with E-state index in [0.29, 0.717) is 19.4 Å². The van der Waals surface area contributed by atoms with Crippen LogP contribution in [0.25, 0.3) is 0 Å². The van der Waals surface area contributed by atoms with E-state index in [0.717, 1.165) is 11.9 Å². The fraction of sp³-hybridized carbons (Fsp3) is 0.517. The first-order valence-corrected chi connectivity index (χ1v) is 13.7. The number of aromatic amines is 1. The first-order chi connectivity index (χ1) is 19.6. The van der Waals surface area contributed by atoms with Crippen molar-refractivity contribution >= 4 is 29.8 Å². The van der Waals surface area contributed by atoms with Crippen LogP contribution in [0.2, 0.25) is 0 Å². The van der Waals surface area contributed by atoms with Crippen LogP contribution in [-0.4, -0.2) is 70.1 Å². The molecule has 0 aliphatic carbocycles. The van der Waals surface area contributed by atoms with Crippen LogP contribution in [-0.2, 0) is 30.4 Å². The molecule has 1 heterocycles. The summed E-state index contributed by atoms with van der Waals surface area (Å²) in [5.74, 6) is -2.85. The van der Waals surface area contributed by atoms with Crippen molar-refractivity contribution < 1.29 is 38.2 Å². The fourth-order valence-electron chi connectivity index (χ4n) is 3.50. The van der Waals surface area contributed by atoms with Gasteiger partial charge in [-0.15, -0.1) is 0 Å². The lowest BCUT2D eigenvalue weighted by molar-refractivity contribution is -0.157. The van der Waals surface area contributed by atoms with Crippen LogP contribution < -0.4 is 16.0 Å². The second kappa shape index (κ2) is 15.5. The Balaban J connectivity index is 1.94. The molecule has 13 heteroatoms. The fourth-order valence-corrected chi connectivity index (χ4v) is 3.50. The van der Waals surface area contributed by atoms with Crippen molar-refractivity contribution in [2.45, 2.75) is 84.7 Å². The molecule has 0 saturated carbocycles. The first kappa shape index (κ1) is 33.8. The zero-order valence-corrected chi connectivity index (χ0v) is 25.0. The molecule has 0 aliphatic rings. The lowest BCUT2D eigenvalue weighted by Gasteiger charge is -2.24. The Morgan fingerprint density at radius 1 is 0.881 bits per heavy atom. The minimum absolute atomic E-state index is 0.0520. The minimum atomic E-state index is -1.04. The number of hydrogen-bond donors (Lipinski definition) is 4. The lowest BCUT2D eigenvalue weighted by Crippen LogP contribution is -2.45. The molecule has 0 bridgehead atoms. The summed E-state index contributed by atoms with van der Waals surface area (Å²) in [5, 5.41) is 7.63. The molecule has 0 radical (unpaired) electrons. The van der Waals surface area contributed by atoms with E-state index in [1.165, 1.54) is 0 Å². The van der Waals surface area contributed by atoms with Crippen LogP contribution in [0, 0.1) is 0 Å². The molecule has 1 aromatic heterocycles. The highest BCUT2D eigenvalue weighted by molar-refractivity contribution is 6.06. The van der Waals surface area contributed by atoms with Gasteiger partial charge in [0.05, 0.1) is 6.33 Å². The number of rotatable bonds is 13. The number of amides is 3. The summed E-state index contributed by atoms with van der Waals surface area (Å²) in [6.45, 7) is 10.3. The normalized spacial score (nSPS) is 12.0. The SMILES string of the molecule is CC(C)(C)OC(=O)NCCCC[C@H](NC(=O)c1nc[nH]c1C(=O)NCC(=O)OCc1ccccc1)C(=O)OC(C)(C)C. The van der Waals surface area contributed by atoms with Crippen LogP contribution in [0.1, 0.15) is 87.3 Å². The predicted molar refractivity (Wildman–Crippen MR) is 152 cm³/mol. The molecular weight excluding hydrogens is 546 g/mol. The first-order valence-electron chi connectivity index (χ1n) is 13.7. The topological polar surface area (TPSA) is 178 Å². The second-order valence-corrected chi connectivity index (χ2v) is 11.4. The van der Waals surface area contributed by atoms with Crippen molar-refractivity contribution in [3.8, 4) is 0 Å². The van der Waals surface area contributed by atoms with Crippen molar-refractivity contribution in [2.75, 3.05) is 13.1 Å². The van der Waals surface area contributed by atoms with Crippen molar-refractivity contribution in [1.29, 1.82) is 0 Å². The Kier molecular flexibility index (Phi) is 12.5. The number of ether oxygens (including phenoxy) is 3. The maximum Gasteiger partial charge on any atom is 0.407 e. The molecule has 0 spiro atoms. The maximum absolute atomic E-state index is 13.1. The third kappa shape index (κ3) is 12.8. The quantitative estimate of drug-likeness (QED) is 0.156. The molecular formula is C29H41N5O8. The number of carbonyl (C=O) groups excluding carboxylic acids is 5. The molecule has 0 fully saturated rings. The van der Waals surface area contributed by atoms with Crippen LogP contribution >= 0.6 is 0 Å². The molecule has 0 unspecified atom stereocenters. The number of hydrogen-bond acceptors (Lipinski definition) is 9. The van der Waals surface area contributed by atoms with Crippen LogP contribution in [0.3, 0.4) is 0 Å². The number of benzene rings is 1. The average molecular weight is 588 g/mol. The van der Waals surface area contributed by atoms with E-state index in [-0.39, 0.29) is 24.4 Å². The van der Waals surface area contributed by atoms with Gasteiger partial charge in [-0.05, 0) is 66.4 Å². The number of nitrogens with zero attached hydrogens (tertiary/aromatic N) is 1. The standard InChI is InChI=1S/C29H41N5O8/c1-28(2,3)41-26(38)20(14-10-11-15-30-27(39)42-29(4,5)6)34-25(37)23-22(32-18-33-23)24(36)31-16-21(35)40-17-19-12-8-7-9-13-19/h7-9,12-13,18,20H,10-11,14-17H2,1-6H3,(H,30,39)(H,31,36)(H,32,33)(H,34,37)/t20-/m0/s1. The molecule has 1 aromatic carbocycles. The highest BCUT2D eigenvalue weighted by Crippen LogP contribution is 2.13. The number of imidazole rings is 1. The molecule has 13 nitrogen and oxygen atoms in total. The third-order valence-corrected chi connectivity index (χ3v) is 5.30. The van der Waals surface area contributed by atoms with Gasteiger partial charge in [0.25, 0.3) is 11.8 Å². The zero-order chi connectivity index (χ0) is 31.3. The molecule has 2 rings (SSSR count). The van der Waals surface area contributed by atoms with Crippen LogP contribution in [0.5, 0.6) is 0 Å². The van der Waals surface area contributed by atoms with E-state index in [9.17, 15) is 24.0 Å². The van der Waals surface area contributed by atoms with Crippen LogP contribution in [0.15, 0.2) is 36.7 Å². The highest BCUT2D eigenvalue weighted by atomic mass is 16.6. The molecule has 3 amide bonds. The molecule has 0 saturated heterocycles. The summed E-state index contributed by atoms with van der Waals surface area (Å²) in [5.41, 5.74) is -1.07. The van der Waals surface area contributed by atoms with Gasteiger partial charge < -0.3 is 35.1 Å². The third-order valence-electron chi connectivity index (χ3n) is 5.30. The van der Waals surface area contributed by atoms with Gasteiger partial charge in [-0.3, -0.25) is 14.4 Å². The Morgan fingerprint density at radius 2 is 1.55 bits per heavy atom. The van der Waals surface area contributed by atoms with E-state index in [4.69, 9.17) is 14.2 Å². The summed E-state index contributed by atoms with van der Waals surface area (Å²) < 4.78 is 15.8. The molecule has 0 aliphatic heterocycles. The Morgan fingerprint density at radius 3 is 2.19 bits per heavy atom. The largest absolute Gasteiger partial charge is 0.460 e. The van der Waals surface area contributed by atoms with E-state index in [1.54, 1.807) is 53.7 Å². The number of unbranched alkanes of at least 4 members (excludes halogenated alkanes) is 1. The number of carbonyl (C=O) groups is 5. The van der Waals surface area contributed by atoms with Crippen LogP contribution in [0.4, 0.5) is 4.79 Å². The van der Waals surface area contributed by atoms with Gasteiger partial charge >= 0.3 is 18.0 Å². The van der Waals surface area contributed by atoms with Crippen molar-refractivity contribution in [3.63, 3.8) is 0 Å². The number of alkyl carbamates (subject to hydrolysis) is 1. The van der Waals surface area contributed by atoms with E-state index < -0.39 is 53.6 Å². The van der Waals surface area contributed by atoms with Crippen molar-refractivity contribution in [2.24, 2.45) is 0 Å². The predicted octanol–water partition coefficient (Wildman–Crippen LogP) is 3.02. The summed E-state index contributed by atoms with van der Waals surface area (Å²) in [4.78, 5) is 69.0. The minimum Gasteiger partial charge on any atom is -0.460 e. The Bertz CT molecular complexity index is 1210. The molecule has 42 heavy (non-hydrogen) atoms. The number of nitrogens with one attached hydrogen (secondary N) is 4. The number of H-pyrrole nitrogens is 1.